The second kappa shape index (κ2) is 13.8. The Bertz CT molecular complexity index is 1750. The molecule has 0 radical (unpaired) electrons. The number of urea groups is 1. The molecule has 47 heavy (non-hydrogen) atoms. The van der Waals surface area contributed by atoms with E-state index in [1.165, 1.54) is 22.2 Å². The Morgan fingerprint density at radius 2 is 1.72 bits per heavy atom. The Kier molecular flexibility index (Phi) is 9.25. The van der Waals surface area contributed by atoms with Crippen LogP contribution < -0.4 is 5.32 Å². The van der Waals surface area contributed by atoms with Gasteiger partial charge in [0, 0.05) is 37.8 Å². The van der Waals surface area contributed by atoms with Crippen LogP contribution in [0.3, 0.4) is 0 Å². The Balaban J connectivity index is 1.34. The number of hydrogen-bond acceptors (Lipinski definition) is 6. The highest BCUT2D eigenvalue weighted by molar-refractivity contribution is 5.91. The van der Waals surface area contributed by atoms with Crippen LogP contribution in [0.5, 0.6) is 5.75 Å². The van der Waals surface area contributed by atoms with Crippen molar-refractivity contribution in [3.05, 3.63) is 132 Å². The summed E-state index contributed by atoms with van der Waals surface area (Å²) < 4.78 is 13.5. The predicted molar refractivity (Wildman–Crippen MR) is 174 cm³/mol. The monoisotopic (exact) mass is 634 g/mol. The van der Waals surface area contributed by atoms with Gasteiger partial charge in [-0.25, -0.2) is 19.8 Å². The lowest BCUT2D eigenvalue weighted by Gasteiger charge is -2.55. The first-order valence-corrected chi connectivity index (χ1v) is 15.4. The number of carbonyl (C=O) groups excluding carboxylic acids is 3. The molecule has 240 valence electrons. The molecule has 2 aliphatic heterocycles. The number of phenols is 1. The number of carbonyl (C=O) groups is 3. The number of halogens is 1. The van der Waals surface area contributed by atoms with Crippen LogP contribution in [-0.4, -0.2) is 79.6 Å². The van der Waals surface area contributed by atoms with Crippen LogP contribution in [0.1, 0.15) is 16.7 Å². The van der Waals surface area contributed by atoms with E-state index in [0.29, 0.717) is 0 Å². The number of benzene rings is 3. The Hall–Kier alpha value is -5.55. The summed E-state index contributed by atoms with van der Waals surface area (Å²) in [6.07, 6.45) is 2.49. The average molecular weight is 635 g/mol. The molecule has 2 atom stereocenters. The molecule has 4 aromatic rings. The smallest absolute Gasteiger partial charge is 0.334 e. The van der Waals surface area contributed by atoms with Gasteiger partial charge in [0.25, 0.3) is 0 Å². The fourth-order valence-corrected chi connectivity index (χ4v) is 6.17. The van der Waals surface area contributed by atoms with Gasteiger partial charge in [-0.15, -0.1) is 6.58 Å². The van der Waals surface area contributed by atoms with Gasteiger partial charge in [0.05, 0.1) is 13.1 Å². The van der Waals surface area contributed by atoms with Crippen molar-refractivity contribution >= 4 is 17.8 Å². The molecule has 11 heteroatoms. The predicted octanol–water partition coefficient (Wildman–Crippen LogP) is 4.33. The number of aromatic nitrogens is 1. The van der Waals surface area contributed by atoms with Crippen molar-refractivity contribution in [2.75, 3.05) is 19.6 Å². The van der Waals surface area contributed by atoms with E-state index in [-0.39, 0.29) is 56.7 Å². The quantitative estimate of drug-likeness (QED) is 0.210. The first-order valence-electron chi connectivity index (χ1n) is 15.4. The third kappa shape index (κ3) is 7.00. The molecule has 2 aliphatic rings. The molecular weight excluding hydrogens is 599 g/mol. The highest BCUT2D eigenvalue weighted by Gasteiger charge is 2.51. The topological polar surface area (TPSA) is 109 Å². The largest absolute Gasteiger partial charge is 0.508 e. The van der Waals surface area contributed by atoms with Crippen LogP contribution >= 0.6 is 0 Å². The molecule has 0 spiro atoms. The molecule has 10 nitrogen and oxygen atoms in total. The maximum absolute atomic E-state index is 14.3. The molecular formula is C36H35FN6O4. The van der Waals surface area contributed by atoms with Gasteiger partial charge in [-0.3, -0.25) is 9.59 Å². The summed E-state index contributed by atoms with van der Waals surface area (Å²) in [5.74, 6) is -1.00. The number of fused-ring (bicyclic) bond motifs is 1. The van der Waals surface area contributed by atoms with Crippen LogP contribution in [0, 0.1) is 5.95 Å². The van der Waals surface area contributed by atoms with Gasteiger partial charge in [0.2, 0.25) is 17.8 Å². The van der Waals surface area contributed by atoms with Crippen molar-refractivity contribution in [3.63, 3.8) is 0 Å². The Labute approximate surface area is 272 Å². The minimum atomic E-state index is -0.898. The number of rotatable bonds is 9. The number of nitrogens with zero attached hydrogens (tertiary/aromatic N) is 5. The van der Waals surface area contributed by atoms with Crippen molar-refractivity contribution in [1.82, 2.24) is 30.1 Å². The summed E-state index contributed by atoms with van der Waals surface area (Å²) in [5, 5.41) is 16.0. The lowest BCUT2D eigenvalue weighted by Crippen LogP contribution is -2.76. The van der Waals surface area contributed by atoms with Crippen molar-refractivity contribution in [2.24, 2.45) is 0 Å². The minimum Gasteiger partial charge on any atom is -0.508 e. The van der Waals surface area contributed by atoms with Crippen molar-refractivity contribution in [3.8, 4) is 16.9 Å². The Morgan fingerprint density at radius 3 is 2.45 bits per heavy atom. The summed E-state index contributed by atoms with van der Waals surface area (Å²) in [6.45, 7) is 4.55. The summed E-state index contributed by atoms with van der Waals surface area (Å²) in [5.41, 5.74) is 4.04. The number of hydrazine groups is 1. The molecule has 2 saturated heterocycles. The molecule has 0 saturated carbocycles. The second-order valence-electron chi connectivity index (χ2n) is 11.6. The van der Waals surface area contributed by atoms with Gasteiger partial charge < -0.3 is 20.2 Å². The number of hydrogen-bond donors (Lipinski definition) is 2. The van der Waals surface area contributed by atoms with E-state index in [9.17, 15) is 23.9 Å². The third-order valence-corrected chi connectivity index (χ3v) is 8.39. The average Bonchev–Trinajstić information content (AvgIpc) is 3.07. The van der Waals surface area contributed by atoms with Gasteiger partial charge in [0.1, 0.15) is 18.0 Å². The molecule has 3 heterocycles. The summed E-state index contributed by atoms with van der Waals surface area (Å²) >= 11 is 0. The van der Waals surface area contributed by atoms with E-state index in [4.69, 9.17) is 0 Å². The summed E-state index contributed by atoms with van der Waals surface area (Å²) in [6, 6.07) is 25.3. The molecule has 0 bridgehead atoms. The lowest BCUT2D eigenvalue weighted by molar-refractivity contribution is -0.189. The maximum Gasteiger partial charge on any atom is 0.334 e. The first-order chi connectivity index (χ1) is 22.8. The van der Waals surface area contributed by atoms with Crippen LogP contribution in [0.2, 0.25) is 0 Å². The van der Waals surface area contributed by atoms with Gasteiger partial charge in [0.15, 0.2) is 0 Å². The molecule has 0 unspecified atom stereocenters. The zero-order valence-electron chi connectivity index (χ0n) is 25.7. The number of pyridine rings is 1. The van der Waals surface area contributed by atoms with E-state index >= 15 is 0 Å². The van der Waals surface area contributed by atoms with Gasteiger partial charge >= 0.3 is 6.03 Å². The Morgan fingerprint density at radius 1 is 0.957 bits per heavy atom. The van der Waals surface area contributed by atoms with Crippen LogP contribution in [0.4, 0.5) is 9.18 Å². The molecule has 6 rings (SSSR count). The number of aromatic hydroxyl groups is 1. The van der Waals surface area contributed by atoms with Gasteiger partial charge in [-0.05, 0) is 52.6 Å². The summed E-state index contributed by atoms with van der Waals surface area (Å²) in [4.78, 5) is 49.0. The van der Waals surface area contributed by atoms with E-state index in [1.54, 1.807) is 46.3 Å². The third-order valence-electron chi connectivity index (χ3n) is 8.39. The molecule has 2 fully saturated rings. The zero-order chi connectivity index (χ0) is 32.9. The standard InChI is InChI=1S/C36H35FN6O4/c1-2-17-41-24-34(45)42-31(19-25-11-14-30(44)15-12-25)35(46)40(22-27-9-6-10-28(18-27)29-13-16-32(37)38-21-29)23-33(42)43(41)36(47)39-20-26-7-4-3-5-8-26/h2-16,18,21,31,33,44H,1,17,19-20,22-24H2,(H,39,47)/t31-,33-/m0/s1. The second-order valence-corrected chi connectivity index (χ2v) is 11.6. The molecule has 3 aromatic carbocycles. The van der Waals surface area contributed by atoms with Crippen LogP contribution in [-0.2, 0) is 29.1 Å². The SMILES string of the molecule is C=CCN1CC(=O)N2[C@@H](Cc3ccc(O)cc3)C(=O)N(Cc3cccc(-c4ccc(F)nc4)c3)C[C@@H]2N1C(=O)NCc1ccccc1. The van der Waals surface area contributed by atoms with Crippen LogP contribution in [0.25, 0.3) is 11.1 Å². The van der Waals surface area contributed by atoms with Crippen molar-refractivity contribution < 1.29 is 23.9 Å². The summed E-state index contributed by atoms with van der Waals surface area (Å²) in [7, 11) is 0. The number of nitrogens with one attached hydrogen (secondary N) is 1. The number of amides is 4. The lowest BCUT2D eigenvalue weighted by atomic mass is 9.98. The minimum absolute atomic E-state index is 0.0748. The highest BCUT2D eigenvalue weighted by atomic mass is 19.1. The first kappa shape index (κ1) is 31.4. The number of piperazine rings is 1. The van der Waals surface area contributed by atoms with Crippen LogP contribution in [0.15, 0.2) is 110 Å². The molecule has 2 N–H and O–H groups in total. The van der Waals surface area contributed by atoms with E-state index in [1.807, 2.05) is 54.6 Å². The molecule has 0 aliphatic carbocycles. The zero-order valence-corrected chi connectivity index (χ0v) is 25.7. The van der Waals surface area contributed by atoms with Gasteiger partial charge in [-0.1, -0.05) is 66.7 Å². The van der Waals surface area contributed by atoms with E-state index in [0.717, 1.165) is 27.8 Å². The normalized spacial score (nSPS) is 18.2. The van der Waals surface area contributed by atoms with Crippen molar-refractivity contribution in [2.45, 2.75) is 31.7 Å². The maximum atomic E-state index is 14.3. The fraction of sp³-hybridized carbons (Fsp3) is 0.222. The van der Waals surface area contributed by atoms with Gasteiger partial charge in [-0.2, -0.15) is 4.39 Å². The van der Waals surface area contributed by atoms with E-state index < -0.39 is 24.2 Å². The highest BCUT2D eigenvalue weighted by Crippen LogP contribution is 2.30. The van der Waals surface area contributed by atoms with Crippen molar-refractivity contribution in [1.29, 1.82) is 0 Å². The van der Waals surface area contributed by atoms with E-state index in [2.05, 4.69) is 16.9 Å². The molecule has 1 aromatic heterocycles. The fourth-order valence-electron chi connectivity index (χ4n) is 6.17. The number of phenolic OH excluding ortho intramolecular Hbond substituents is 1. The molecule has 4 amide bonds.